The lowest BCUT2D eigenvalue weighted by Crippen LogP contribution is -2.23. The van der Waals surface area contributed by atoms with Crippen LogP contribution in [0.5, 0.6) is 0 Å². The Kier molecular flexibility index (Phi) is 5.82. The van der Waals surface area contributed by atoms with Gasteiger partial charge >= 0.3 is 0 Å². The Morgan fingerprint density at radius 3 is 2.50 bits per heavy atom. The first-order valence-electron chi connectivity index (χ1n) is 8.11. The lowest BCUT2D eigenvalue weighted by atomic mass is 10.2. The number of benzene rings is 1. The van der Waals surface area contributed by atoms with E-state index in [1.54, 1.807) is 30.5 Å². The van der Waals surface area contributed by atoms with Gasteiger partial charge in [0.05, 0.1) is 40.6 Å². The van der Waals surface area contributed by atoms with Crippen LogP contribution in [0, 0.1) is 11.3 Å². The van der Waals surface area contributed by atoms with Crippen molar-refractivity contribution in [2.75, 3.05) is 7.05 Å². The standard InChI is InChI=1S/C21H23N5/c1-7-19(20(8-2)26(9-3)15(4)5)25(6)14-21-23-17-11-10-16(13-22)12-18(17)24-21/h7-12H,1-4,14H2,5-6H3,(H,23,24)/b20-19-. The monoisotopic (exact) mass is 345 g/mol. The lowest BCUT2D eigenvalue weighted by molar-refractivity contribution is 0.397. The summed E-state index contributed by atoms with van der Waals surface area (Å²) in [7, 11) is 1.95. The van der Waals surface area contributed by atoms with Crippen molar-refractivity contribution in [2.24, 2.45) is 0 Å². The summed E-state index contributed by atoms with van der Waals surface area (Å²) in [5, 5.41) is 9.02. The Bertz CT molecular complexity index is 939. The molecule has 1 N–H and O–H groups in total. The van der Waals surface area contributed by atoms with Crippen molar-refractivity contribution >= 4 is 11.0 Å². The molecule has 0 aliphatic heterocycles. The van der Waals surface area contributed by atoms with Gasteiger partial charge in [0.25, 0.3) is 0 Å². The van der Waals surface area contributed by atoms with Crippen LogP contribution in [0.4, 0.5) is 0 Å². The molecule has 0 saturated heterocycles. The molecule has 0 aliphatic carbocycles. The first-order valence-corrected chi connectivity index (χ1v) is 8.11. The van der Waals surface area contributed by atoms with Gasteiger partial charge in [-0.15, -0.1) is 0 Å². The highest BCUT2D eigenvalue weighted by Gasteiger charge is 2.14. The predicted octanol–water partition coefficient (Wildman–Crippen LogP) is 4.43. The van der Waals surface area contributed by atoms with Crippen LogP contribution in [0.1, 0.15) is 18.3 Å². The highest BCUT2D eigenvalue weighted by atomic mass is 15.2. The third-order valence-corrected chi connectivity index (χ3v) is 3.96. The molecule has 0 bridgehead atoms. The molecule has 2 aromatic rings. The van der Waals surface area contributed by atoms with E-state index in [0.717, 1.165) is 33.9 Å². The number of nitrogens with zero attached hydrogens (tertiary/aromatic N) is 4. The zero-order valence-electron chi connectivity index (χ0n) is 15.3. The van der Waals surface area contributed by atoms with Crippen LogP contribution in [-0.2, 0) is 6.54 Å². The van der Waals surface area contributed by atoms with Crippen LogP contribution < -0.4 is 0 Å². The second-order valence-corrected chi connectivity index (χ2v) is 5.85. The minimum Gasteiger partial charge on any atom is -0.365 e. The molecule has 0 fully saturated rings. The molecule has 26 heavy (non-hydrogen) atoms. The summed E-state index contributed by atoms with van der Waals surface area (Å²) in [6.07, 6.45) is 5.22. The molecular formula is C21H23N5. The summed E-state index contributed by atoms with van der Waals surface area (Å²) in [6.45, 7) is 18.1. The van der Waals surface area contributed by atoms with Crippen LogP contribution in [-0.4, -0.2) is 26.8 Å². The van der Waals surface area contributed by atoms with E-state index in [4.69, 9.17) is 5.26 Å². The zero-order chi connectivity index (χ0) is 19.3. The molecule has 5 heteroatoms. The van der Waals surface area contributed by atoms with Gasteiger partial charge in [0.2, 0.25) is 0 Å². The molecule has 0 aliphatic rings. The number of nitriles is 1. The first-order chi connectivity index (χ1) is 12.4. The van der Waals surface area contributed by atoms with E-state index >= 15 is 0 Å². The second-order valence-electron chi connectivity index (χ2n) is 5.85. The number of imidazole rings is 1. The molecule has 2 rings (SSSR count). The molecule has 5 nitrogen and oxygen atoms in total. The summed E-state index contributed by atoms with van der Waals surface area (Å²) >= 11 is 0. The number of rotatable bonds is 8. The SMILES string of the molecule is C=C/C(=C(\C=C)N(C=C)C(=C)C)N(C)Cc1nc2ccc(C#N)cc2[nH]1. The van der Waals surface area contributed by atoms with E-state index in [1.807, 2.05) is 29.8 Å². The Hall–Kier alpha value is -3.52. The molecule has 0 amide bonds. The third-order valence-electron chi connectivity index (χ3n) is 3.96. The number of nitrogens with one attached hydrogen (secondary N) is 1. The molecule has 0 saturated carbocycles. The molecule has 1 heterocycles. The van der Waals surface area contributed by atoms with E-state index in [2.05, 4.69) is 42.4 Å². The molecule has 132 valence electrons. The van der Waals surface area contributed by atoms with Gasteiger partial charge in [-0.25, -0.2) is 4.98 Å². The van der Waals surface area contributed by atoms with Gasteiger partial charge in [0.1, 0.15) is 5.82 Å². The van der Waals surface area contributed by atoms with Crippen molar-refractivity contribution in [3.05, 3.63) is 91.3 Å². The van der Waals surface area contributed by atoms with E-state index in [0.29, 0.717) is 12.1 Å². The van der Waals surface area contributed by atoms with Crippen LogP contribution >= 0.6 is 0 Å². The van der Waals surface area contributed by atoms with Gasteiger partial charge in [-0.1, -0.05) is 26.3 Å². The number of hydrogen-bond donors (Lipinski definition) is 1. The Labute approximate surface area is 154 Å². The molecule has 1 aromatic carbocycles. The number of hydrogen-bond acceptors (Lipinski definition) is 4. The average Bonchev–Trinajstić information content (AvgIpc) is 3.02. The van der Waals surface area contributed by atoms with Crippen LogP contribution in [0.3, 0.4) is 0 Å². The third kappa shape index (κ3) is 3.76. The van der Waals surface area contributed by atoms with Crippen molar-refractivity contribution in [1.29, 1.82) is 5.26 Å². The summed E-state index contributed by atoms with van der Waals surface area (Å²) in [5.41, 5.74) is 4.82. The summed E-state index contributed by atoms with van der Waals surface area (Å²) in [5.74, 6) is 0.792. The largest absolute Gasteiger partial charge is 0.365 e. The van der Waals surface area contributed by atoms with Gasteiger partial charge in [0.15, 0.2) is 0 Å². The second kappa shape index (κ2) is 8.04. The maximum absolute atomic E-state index is 9.02. The number of fused-ring (bicyclic) bond motifs is 1. The number of aromatic nitrogens is 2. The fraction of sp³-hybridized carbons (Fsp3) is 0.143. The zero-order valence-corrected chi connectivity index (χ0v) is 15.3. The smallest absolute Gasteiger partial charge is 0.126 e. The van der Waals surface area contributed by atoms with E-state index < -0.39 is 0 Å². The fourth-order valence-electron chi connectivity index (χ4n) is 2.76. The van der Waals surface area contributed by atoms with Gasteiger partial charge in [-0.05, 0) is 37.3 Å². The van der Waals surface area contributed by atoms with Gasteiger partial charge < -0.3 is 14.8 Å². The first kappa shape index (κ1) is 18.8. The maximum Gasteiger partial charge on any atom is 0.126 e. The number of H-pyrrole nitrogens is 1. The van der Waals surface area contributed by atoms with Crippen LogP contribution in [0.2, 0.25) is 0 Å². The van der Waals surface area contributed by atoms with Crippen molar-refractivity contribution < 1.29 is 0 Å². The molecule has 0 atom stereocenters. The lowest BCUT2D eigenvalue weighted by Gasteiger charge is -2.28. The number of allylic oxidation sites excluding steroid dienone is 3. The Morgan fingerprint density at radius 1 is 1.27 bits per heavy atom. The summed E-state index contributed by atoms with van der Waals surface area (Å²) in [4.78, 5) is 11.7. The molecule has 0 radical (unpaired) electrons. The molecule has 1 aromatic heterocycles. The van der Waals surface area contributed by atoms with E-state index in [1.165, 1.54) is 0 Å². The van der Waals surface area contributed by atoms with Gasteiger partial charge in [0, 0.05) is 18.9 Å². The highest BCUT2D eigenvalue weighted by Crippen LogP contribution is 2.22. The highest BCUT2D eigenvalue weighted by molar-refractivity contribution is 5.76. The van der Waals surface area contributed by atoms with Crippen LogP contribution in [0.25, 0.3) is 11.0 Å². The minimum atomic E-state index is 0.538. The summed E-state index contributed by atoms with van der Waals surface area (Å²) in [6, 6.07) is 7.53. The quantitative estimate of drug-likeness (QED) is 0.719. The number of aromatic amines is 1. The Morgan fingerprint density at radius 2 is 1.96 bits per heavy atom. The van der Waals surface area contributed by atoms with Crippen molar-refractivity contribution in [1.82, 2.24) is 19.8 Å². The van der Waals surface area contributed by atoms with Crippen molar-refractivity contribution in [3.8, 4) is 6.07 Å². The molecule has 0 unspecified atom stereocenters. The molecular weight excluding hydrogens is 322 g/mol. The van der Waals surface area contributed by atoms with Crippen molar-refractivity contribution in [2.45, 2.75) is 13.5 Å². The topological polar surface area (TPSA) is 58.9 Å². The van der Waals surface area contributed by atoms with Gasteiger partial charge in [-0.3, -0.25) is 0 Å². The van der Waals surface area contributed by atoms with Crippen molar-refractivity contribution in [3.63, 3.8) is 0 Å². The van der Waals surface area contributed by atoms with E-state index in [-0.39, 0.29) is 0 Å². The van der Waals surface area contributed by atoms with Crippen LogP contribution in [0.15, 0.2) is 80.0 Å². The summed E-state index contributed by atoms with van der Waals surface area (Å²) < 4.78 is 0. The minimum absolute atomic E-state index is 0.538. The van der Waals surface area contributed by atoms with E-state index in [9.17, 15) is 0 Å². The molecule has 0 spiro atoms. The fourth-order valence-corrected chi connectivity index (χ4v) is 2.76. The Balaban J connectivity index is 2.38. The van der Waals surface area contributed by atoms with Gasteiger partial charge in [-0.2, -0.15) is 5.26 Å². The normalized spacial score (nSPS) is 11.3. The maximum atomic E-state index is 9.02. The predicted molar refractivity (Wildman–Crippen MR) is 107 cm³/mol. The number of likely N-dealkylation sites (N-methyl/N-ethyl adjacent to an activating group) is 1. The average molecular weight is 345 g/mol.